The number of halogens is 1. The molecule has 148 valence electrons. The van der Waals surface area contributed by atoms with E-state index in [2.05, 4.69) is 31.5 Å². The predicted octanol–water partition coefficient (Wildman–Crippen LogP) is 2.96. The molecule has 0 heterocycles. The van der Waals surface area contributed by atoms with Crippen molar-refractivity contribution >= 4 is 38.9 Å². The van der Waals surface area contributed by atoms with Crippen LogP contribution in [-0.2, 0) is 9.53 Å². The second-order valence-electron chi connectivity index (χ2n) is 5.61. The topological polar surface area (TPSA) is 175 Å². The van der Waals surface area contributed by atoms with E-state index in [1.807, 2.05) is 0 Å². The van der Waals surface area contributed by atoms with Crippen molar-refractivity contribution in [3.63, 3.8) is 0 Å². The van der Waals surface area contributed by atoms with Gasteiger partial charge in [0.25, 0.3) is 5.69 Å². The van der Waals surface area contributed by atoms with Gasteiger partial charge in [0.05, 0.1) is 33.2 Å². The van der Waals surface area contributed by atoms with E-state index < -0.39 is 27.3 Å². The Morgan fingerprint density at radius 3 is 2.57 bits per heavy atom. The van der Waals surface area contributed by atoms with E-state index in [-0.39, 0.29) is 22.5 Å². The van der Waals surface area contributed by atoms with Crippen molar-refractivity contribution < 1.29 is 19.4 Å². The SMILES string of the molecule is COC1=C(N)C=C(NC(C)=O)C(N=Nc2c(Br)cc([N+](=O)[O-])cc2[N+](=O)[O-])C1. The number of carbonyl (C=O) groups is 1. The summed E-state index contributed by atoms with van der Waals surface area (Å²) in [5.41, 5.74) is 5.25. The summed E-state index contributed by atoms with van der Waals surface area (Å²) < 4.78 is 5.20. The molecule has 0 aromatic heterocycles. The first-order valence-electron chi connectivity index (χ1n) is 7.69. The molecular formula is C15H15BrN6O6. The molecule has 1 atom stereocenters. The lowest BCUT2D eigenvalue weighted by Crippen LogP contribution is -2.30. The number of ether oxygens (including phenoxy) is 1. The third-order valence-electron chi connectivity index (χ3n) is 3.67. The van der Waals surface area contributed by atoms with Gasteiger partial charge >= 0.3 is 5.69 Å². The molecule has 1 aromatic carbocycles. The van der Waals surface area contributed by atoms with Gasteiger partial charge in [-0.15, -0.1) is 5.11 Å². The van der Waals surface area contributed by atoms with Crippen LogP contribution in [-0.4, -0.2) is 28.9 Å². The Hall–Kier alpha value is -3.35. The smallest absolute Gasteiger partial charge is 0.304 e. The molecule has 0 bridgehead atoms. The van der Waals surface area contributed by atoms with E-state index in [4.69, 9.17) is 10.5 Å². The highest BCUT2D eigenvalue weighted by molar-refractivity contribution is 9.10. The zero-order valence-electron chi connectivity index (χ0n) is 14.7. The van der Waals surface area contributed by atoms with Gasteiger partial charge in [0, 0.05) is 25.1 Å². The summed E-state index contributed by atoms with van der Waals surface area (Å²) in [7, 11) is 1.42. The number of amides is 1. The molecule has 0 fully saturated rings. The zero-order valence-corrected chi connectivity index (χ0v) is 16.3. The second-order valence-corrected chi connectivity index (χ2v) is 6.46. The molecule has 1 aliphatic rings. The summed E-state index contributed by atoms with van der Waals surface area (Å²) in [4.78, 5) is 32.1. The van der Waals surface area contributed by atoms with Crippen LogP contribution < -0.4 is 11.1 Å². The molecule has 2 rings (SSSR count). The van der Waals surface area contributed by atoms with Crippen LogP contribution in [0.4, 0.5) is 17.1 Å². The average molecular weight is 455 g/mol. The van der Waals surface area contributed by atoms with Crippen LogP contribution in [0.25, 0.3) is 0 Å². The normalized spacial score (nSPS) is 16.7. The molecular weight excluding hydrogens is 440 g/mol. The summed E-state index contributed by atoms with van der Waals surface area (Å²) in [5.74, 6) is 0.0536. The van der Waals surface area contributed by atoms with E-state index in [0.717, 1.165) is 12.1 Å². The van der Waals surface area contributed by atoms with E-state index in [1.54, 1.807) is 0 Å². The van der Waals surface area contributed by atoms with Crippen molar-refractivity contribution in [1.29, 1.82) is 0 Å². The molecule has 0 spiro atoms. The highest BCUT2D eigenvalue weighted by Gasteiger charge is 2.26. The fraction of sp³-hybridized carbons (Fsp3) is 0.267. The van der Waals surface area contributed by atoms with Crippen molar-refractivity contribution in [2.75, 3.05) is 7.11 Å². The number of hydrogen-bond donors (Lipinski definition) is 2. The summed E-state index contributed by atoms with van der Waals surface area (Å²) in [5, 5.41) is 32.8. The number of carbonyl (C=O) groups excluding carboxylic acids is 1. The quantitative estimate of drug-likeness (QED) is 0.376. The van der Waals surface area contributed by atoms with Crippen LogP contribution in [0.3, 0.4) is 0 Å². The number of nitrogens with one attached hydrogen (secondary N) is 1. The van der Waals surface area contributed by atoms with Crippen LogP contribution in [0.5, 0.6) is 0 Å². The minimum Gasteiger partial charge on any atom is -0.499 e. The number of nitrogens with two attached hydrogens (primary N) is 1. The van der Waals surface area contributed by atoms with E-state index in [0.29, 0.717) is 17.2 Å². The number of methoxy groups -OCH3 is 1. The molecule has 0 saturated heterocycles. The Labute approximate surface area is 166 Å². The number of nitrogens with zero attached hydrogens (tertiary/aromatic N) is 4. The molecule has 1 aromatic rings. The first-order valence-corrected chi connectivity index (χ1v) is 8.48. The van der Waals surface area contributed by atoms with Gasteiger partial charge in [-0.1, -0.05) is 0 Å². The molecule has 0 radical (unpaired) electrons. The van der Waals surface area contributed by atoms with E-state index >= 15 is 0 Å². The molecule has 1 amide bonds. The molecule has 3 N–H and O–H groups in total. The standard InChI is InChI=1S/C15H15BrN6O6/c1-7(23)18-11-5-10(17)14(28-2)6-12(11)19-20-15-9(16)3-8(21(24)25)4-13(15)22(26)27/h3-5,12H,6,17H2,1-2H3,(H,18,23). The maximum absolute atomic E-state index is 11.4. The van der Waals surface area contributed by atoms with Crippen molar-refractivity contribution in [3.05, 3.63) is 60.1 Å². The molecule has 12 nitrogen and oxygen atoms in total. The molecule has 13 heteroatoms. The minimum atomic E-state index is -0.796. The summed E-state index contributed by atoms with van der Waals surface area (Å²) in [6.07, 6.45) is 1.63. The van der Waals surface area contributed by atoms with Gasteiger partial charge in [0.1, 0.15) is 11.8 Å². The third kappa shape index (κ3) is 4.68. The fourth-order valence-electron chi connectivity index (χ4n) is 2.42. The Bertz CT molecular complexity index is 941. The lowest BCUT2D eigenvalue weighted by molar-refractivity contribution is -0.393. The second kappa shape index (κ2) is 8.56. The number of azo groups is 1. The Morgan fingerprint density at radius 1 is 1.36 bits per heavy atom. The van der Waals surface area contributed by atoms with E-state index in [9.17, 15) is 25.0 Å². The average Bonchev–Trinajstić information content (AvgIpc) is 2.60. The van der Waals surface area contributed by atoms with Crippen molar-refractivity contribution in [2.45, 2.75) is 19.4 Å². The number of hydrogen-bond acceptors (Lipinski definition) is 9. The number of nitro benzene ring substituents is 2. The summed E-state index contributed by atoms with van der Waals surface area (Å²) >= 11 is 3.05. The van der Waals surface area contributed by atoms with Crippen LogP contribution >= 0.6 is 15.9 Å². The van der Waals surface area contributed by atoms with E-state index in [1.165, 1.54) is 20.1 Å². The van der Waals surface area contributed by atoms with Crippen LogP contribution in [0.2, 0.25) is 0 Å². The molecule has 1 aliphatic carbocycles. The molecule has 1 unspecified atom stereocenters. The Kier molecular flexibility index (Phi) is 6.41. The zero-order chi connectivity index (χ0) is 21.0. The molecule has 28 heavy (non-hydrogen) atoms. The first-order chi connectivity index (χ1) is 13.1. The highest BCUT2D eigenvalue weighted by atomic mass is 79.9. The van der Waals surface area contributed by atoms with Gasteiger partial charge in [-0.05, 0) is 22.0 Å². The maximum Gasteiger partial charge on any atom is 0.304 e. The van der Waals surface area contributed by atoms with Crippen LogP contribution in [0.15, 0.2) is 50.1 Å². The first kappa shape index (κ1) is 21.0. The van der Waals surface area contributed by atoms with Gasteiger partial charge in [-0.3, -0.25) is 25.0 Å². The number of rotatable bonds is 6. The minimum absolute atomic E-state index is 0.0278. The van der Waals surface area contributed by atoms with Crippen molar-refractivity contribution in [1.82, 2.24) is 5.32 Å². The monoisotopic (exact) mass is 454 g/mol. The largest absolute Gasteiger partial charge is 0.499 e. The van der Waals surface area contributed by atoms with Crippen LogP contribution in [0, 0.1) is 20.2 Å². The lowest BCUT2D eigenvalue weighted by Gasteiger charge is -2.22. The number of nitro groups is 2. The number of benzene rings is 1. The third-order valence-corrected chi connectivity index (χ3v) is 4.27. The molecule has 0 saturated carbocycles. The van der Waals surface area contributed by atoms with Gasteiger partial charge in [0.15, 0.2) is 5.69 Å². The fourth-order valence-corrected chi connectivity index (χ4v) is 2.93. The van der Waals surface area contributed by atoms with Gasteiger partial charge < -0.3 is 15.8 Å². The number of allylic oxidation sites excluding steroid dienone is 1. The Morgan fingerprint density at radius 2 is 2.04 bits per heavy atom. The maximum atomic E-state index is 11.4. The van der Waals surface area contributed by atoms with Gasteiger partial charge in [-0.25, -0.2) is 0 Å². The number of non-ortho nitro benzene ring substituents is 1. The Balaban J connectivity index is 2.46. The van der Waals surface area contributed by atoms with Gasteiger partial charge in [0.2, 0.25) is 5.91 Å². The lowest BCUT2D eigenvalue weighted by atomic mass is 10.0. The summed E-state index contributed by atoms with van der Waals surface area (Å²) in [6, 6.07) is 1.15. The van der Waals surface area contributed by atoms with Gasteiger partial charge in [-0.2, -0.15) is 5.11 Å². The van der Waals surface area contributed by atoms with Crippen molar-refractivity contribution in [2.24, 2.45) is 16.0 Å². The summed E-state index contributed by atoms with van der Waals surface area (Å²) in [6.45, 7) is 1.30. The molecule has 0 aliphatic heterocycles. The van der Waals surface area contributed by atoms with Crippen molar-refractivity contribution in [3.8, 4) is 0 Å². The van der Waals surface area contributed by atoms with Crippen LogP contribution in [0.1, 0.15) is 13.3 Å². The predicted molar refractivity (Wildman–Crippen MR) is 100 cm³/mol. The highest BCUT2D eigenvalue weighted by Crippen LogP contribution is 2.39.